The molecule has 0 atom stereocenters. The Hall–Kier alpha value is -2.63. The van der Waals surface area contributed by atoms with Gasteiger partial charge in [0.1, 0.15) is 11.5 Å². The molecule has 0 saturated carbocycles. The van der Waals surface area contributed by atoms with E-state index in [9.17, 15) is 9.18 Å². The van der Waals surface area contributed by atoms with Gasteiger partial charge in [-0.05, 0) is 50.6 Å². The number of rotatable bonds is 5. The van der Waals surface area contributed by atoms with Gasteiger partial charge < -0.3 is 10.3 Å². The summed E-state index contributed by atoms with van der Waals surface area (Å²) in [7, 11) is 0. The minimum Gasteiger partial charge on any atom is -0.351 e. The number of hydrogen-bond acceptors (Lipinski definition) is 2. The lowest BCUT2D eigenvalue weighted by Gasteiger charge is -2.05. The van der Waals surface area contributed by atoms with Gasteiger partial charge in [-0.15, -0.1) is 0 Å². The van der Waals surface area contributed by atoms with E-state index in [-0.39, 0.29) is 11.7 Å². The zero-order valence-electron chi connectivity index (χ0n) is 13.2. The van der Waals surface area contributed by atoms with Crippen LogP contribution in [0.1, 0.15) is 28.3 Å². The molecule has 23 heavy (non-hydrogen) atoms. The number of aromatic nitrogens is 3. The number of H-pyrrole nitrogens is 1. The molecule has 0 saturated heterocycles. The van der Waals surface area contributed by atoms with Crippen LogP contribution >= 0.6 is 0 Å². The number of hydrogen-bond donors (Lipinski definition) is 2. The van der Waals surface area contributed by atoms with E-state index in [4.69, 9.17) is 0 Å². The predicted octanol–water partition coefficient (Wildman–Crippen LogP) is 2.94. The number of nitrogens with one attached hydrogen (secondary N) is 2. The predicted molar refractivity (Wildman–Crippen MR) is 86.9 cm³/mol. The van der Waals surface area contributed by atoms with Crippen LogP contribution in [-0.4, -0.2) is 27.2 Å². The van der Waals surface area contributed by atoms with Crippen molar-refractivity contribution in [1.82, 2.24) is 20.1 Å². The quantitative estimate of drug-likeness (QED) is 0.711. The van der Waals surface area contributed by atoms with E-state index in [1.807, 2.05) is 24.6 Å². The van der Waals surface area contributed by atoms with Gasteiger partial charge >= 0.3 is 0 Å². The van der Waals surface area contributed by atoms with E-state index < -0.39 is 0 Å². The lowest BCUT2D eigenvalue weighted by Crippen LogP contribution is -2.25. The summed E-state index contributed by atoms with van der Waals surface area (Å²) in [5.41, 5.74) is 3.30. The van der Waals surface area contributed by atoms with E-state index in [0.717, 1.165) is 29.9 Å². The normalized spacial score (nSPS) is 11.1. The lowest BCUT2D eigenvalue weighted by molar-refractivity contribution is 0.0948. The van der Waals surface area contributed by atoms with Crippen molar-refractivity contribution < 1.29 is 9.18 Å². The standard InChI is InChI=1S/C17H19FN4O/c1-11-8-12(2)22(21-11)7-3-6-19-17(23)16-10-13-9-14(18)4-5-15(13)20-16/h4-5,8-10,20H,3,6-7H2,1-2H3,(H,19,23). The van der Waals surface area contributed by atoms with Crippen LogP contribution in [0, 0.1) is 19.7 Å². The lowest BCUT2D eigenvalue weighted by atomic mass is 10.2. The van der Waals surface area contributed by atoms with Crippen LogP contribution < -0.4 is 5.32 Å². The second-order valence-corrected chi connectivity index (χ2v) is 5.67. The van der Waals surface area contributed by atoms with Crippen molar-refractivity contribution in [3.8, 4) is 0 Å². The molecule has 6 heteroatoms. The number of amides is 1. The SMILES string of the molecule is Cc1cc(C)n(CCCNC(=O)c2cc3cc(F)ccc3[nH]2)n1. The van der Waals surface area contributed by atoms with Crippen molar-refractivity contribution in [2.75, 3.05) is 6.54 Å². The van der Waals surface area contributed by atoms with Gasteiger partial charge in [-0.2, -0.15) is 5.10 Å². The van der Waals surface area contributed by atoms with Crippen molar-refractivity contribution in [3.05, 3.63) is 53.2 Å². The van der Waals surface area contributed by atoms with Gasteiger partial charge in [0.05, 0.1) is 5.69 Å². The van der Waals surface area contributed by atoms with Crippen molar-refractivity contribution in [2.24, 2.45) is 0 Å². The van der Waals surface area contributed by atoms with Crippen LogP contribution in [0.25, 0.3) is 10.9 Å². The number of halogens is 1. The molecule has 120 valence electrons. The Labute approximate surface area is 133 Å². The molecule has 0 aliphatic heterocycles. The summed E-state index contributed by atoms with van der Waals surface area (Å²) in [6.07, 6.45) is 0.794. The number of benzene rings is 1. The number of carbonyl (C=O) groups excluding carboxylic acids is 1. The molecule has 1 amide bonds. The smallest absolute Gasteiger partial charge is 0.267 e. The maximum atomic E-state index is 13.2. The Morgan fingerprint density at radius 2 is 2.13 bits per heavy atom. The molecule has 0 spiro atoms. The molecule has 5 nitrogen and oxygen atoms in total. The summed E-state index contributed by atoms with van der Waals surface area (Å²) < 4.78 is 15.1. The average Bonchev–Trinajstić information content (AvgIpc) is 3.06. The number of carbonyl (C=O) groups is 1. The van der Waals surface area contributed by atoms with Gasteiger partial charge in [0.15, 0.2) is 0 Å². The first kappa shape index (κ1) is 15.3. The Balaban J connectivity index is 1.55. The second kappa shape index (κ2) is 6.24. The first-order valence-corrected chi connectivity index (χ1v) is 7.60. The van der Waals surface area contributed by atoms with Crippen LogP contribution in [-0.2, 0) is 6.54 Å². The molecule has 2 N–H and O–H groups in total. The zero-order valence-corrected chi connectivity index (χ0v) is 13.2. The third kappa shape index (κ3) is 3.41. The first-order chi connectivity index (χ1) is 11.0. The molecule has 0 unspecified atom stereocenters. The molecule has 0 bridgehead atoms. The molecular weight excluding hydrogens is 295 g/mol. The number of aromatic amines is 1. The minimum atomic E-state index is -0.312. The molecule has 1 aromatic carbocycles. The third-order valence-corrected chi connectivity index (χ3v) is 3.76. The fraction of sp³-hybridized carbons (Fsp3) is 0.294. The highest BCUT2D eigenvalue weighted by atomic mass is 19.1. The van der Waals surface area contributed by atoms with Crippen molar-refractivity contribution >= 4 is 16.8 Å². The van der Waals surface area contributed by atoms with Gasteiger partial charge in [-0.25, -0.2) is 4.39 Å². The van der Waals surface area contributed by atoms with Crippen LogP contribution in [0.5, 0.6) is 0 Å². The van der Waals surface area contributed by atoms with Gasteiger partial charge in [-0.1, -0.05) is 0 Å². The van der Waals surface area contributed by atoms with Gasteiger partial charge in [0.2, 0.25) is 0 Å². The average molecular weight is 314 g/mol. The number of aryl methyl sites for hydroxylation is 3. The Morgan fingerprint density at radius 1 is 1.30 bits per heavy atom. The molecule has 2 heterocycles. The summed E-state index contributed by atoms with van der Waals surface area (Å²) >= 11 is 0. The van der Waals surface area contributed by atoms with Gasteiger partial charge in [0.25, 0.3) is 5.91 Å². The summed E-state index contributed by atoms with van der Waals surface area (Å²) in [5.74, 6) is -0.497. The van der Waals surface area contributed by atoms with Crippen molar-refractivity contribution in [2.45, 2.75) is 26.8 Å². The second-order valence-electron chi connectivity index (χ2n) is 5.67. The van der Waals surface area contributed by atoms with Crippen molar-refractivity contribution in [3.63, 3.8) is 0 Å². The number of fused-ring (bicyclic) bond motifs is 1. The van der Waals surface area contributed by atoms with E-state index in [1.54, 1.807) is 12.1 Å². The Morgan fingerprint density at radius 3 is 2.87 bits per heavy atom. The first-order valence-electron chi connectivity index (χ1n) is 7.60. The summed E-state index contributed by atoms with van der Waals surface area (Å²) in [6.45, 7) is 5.30. The minimum absolute atomic E-state index is 0.185. The Kier molecular flexibility index (Phi) is 4.14. The zero-order chi connectivity index (χ0) is 16.4. The summed E-state index contributed by atoms with van der Waals surface area (Å²) in [6, 6.07) is 8.10. The maximum absolute atomic E-state index is 13.2. The van der Waals surface area contributed by atoms with Gasteiger partial charge in [-0.3, -0.25) is 9.48 Å². The molecule has 0 aliphatic carbocycles. The topological polar surface area (TPSA) is 62.7 Å². The van der Waals surface area contributed by atoms with Crippen LogP contribution in [0.2, 0.25) is 0 Å². The maximum Gasteiger partial charge on any atom is 0.267 e. The molecule has 2 aromatic heterocycles. The highest BCUT2D eigenvalue weighted by Gasteiger charge is 2.09. The van der Waals surface area contributed by atoms with E-state index in [0.29, 0.717) is 17.6 Å². The van der Waals surface area contributed by atoms with Crippen LogP contribution in [0.15, 0.2) is 30.3 Å². The number of nitrogens with zero attached hydrogens (tertiary/aromatic N) is 2. The molecular formula is C17H19FN4O. The Bertz CT molecular complexity index is 850. The monoisotopic (exact) mass is 314 g/mol. The van der Waals surface area contributed by atoms with Crippen molar-refractivity contribution in [1.29, 1.82) is 0 Å². The molecule has 0 aliphatic rings. The van der Waals surface area contributed by atoms with E-state index in [1.165, 1.54) is 12.1 Å². The van der Waals surface area contributed by atoms with Gasteiger partial charge in [0, 0.05) is 29.7 Å². The summed E-state index contributed by atoms with van der Waals surface area (Å²) in [4.78, 5) is 15.1. The fourth-order valence-electron chi connectivity index (χ4n) is 2.65. The molecule has 0 fully saturated rings. The molecule has 3 aromatic rings. The fourth-order valence-corrected chi connectivity index (χ4v) is 2.65. The highest BCUT2D eigenvalue weighted by molar-refractivity contribution is 5.97. The van der Waals surface area contributed by atoms with E-state index in [2.05, 4.69) is 15.4 Å². The molecule has 0 radical (unpaired) electrons. The van der Waals surface area contributed by atoms with Crippen LogP contribution in [0.3, 0.4) is 0 Å². The highest BCUT2D eigenvalue weighted by Crippen LogP contribution is 2.16. The largest absolute Gasteiger partial charge is 0.351 e. The molecule has 3 rings (SSSR count). The summed E-state index contributed by atoms with van der Waals surface area (Å²) in [5, 5.41) is 7.94. The third-order valence-electron chi connectivity index (χ3n) is 3.76. The van der Waals surface area contributed by atoms with E-state index >= 15 is 0 Å². The van der Waals surface area contributed by atoms with Crippen LogP contribution in [0.4, 0.5) is 4.39 Å².